The first-order chi connectivity index (χ1) is 16.6. The van der Waals surface area contributed by atoms with Crippen molar-refractivity contribution in [2.45, 2.75) is 36.5 Å². The number of primary amides is 1. The van der Waals surface area contributed by atoms with Gasteiger partial charge < -0.3 is 38.3 Å². The molecule has 3 aliphatic carbocycles. The van der Waals surface area contributed by atoms with Crippen molar-refractivity contribution in [3.05, 3.63) is 45.5 Å². The molecule has 36 heavy (non-hydrogen) atoms. The van der Waals surface area contributed by atoms with Crippen molar-refractivity contribution in [3.8, 4) is 11.8 Å². The minimum Gasteiger partial charge on any atom is -0.509 e. The number of hydrogen-bond acceptors (Lipinski definition) is 11. The topological polar surface area (TPSA) is 243 Å². The molecule has 4 rings (SSSR count). The van der Waals surface area contributed by atoms with Crippen LogP contribution >= 0.6 is 0 Å². The van der Waals surface area contributed by atoms with Gasteiger partial charge in [-0.3, -0.25) is 19.3 Å². The summed E-state index contributed by atoms with van der Waals surface area (Å²) in [6.07, 6.45) is -0.805. The van der Waals surface area contributed by atoms with Crippen LogP contribution < -0.4 is 22.9 Å². The van der Waals surface area contributed by atoms with E-state index in [1.54, 1.807) is 6.07 Å². The smallest absolute Gasteiger partial charge is 0.255 e. The molecule has 0 bridgehead atoms. The van der Waals surface area contributed by atoms with E-state index >= 15 is 0 Å². The van der Waals surface area contributed by atoms with E-state index in [1.807, 2.05) is 0 Å². The zero-order valence-electron chi connectivity index (χ0n) is 19.4. The predicted molar refractivity (Wildman–Crippen MR) is 122 cm³/mol. The number of benzene rings is 1. The lowest BCUT2D eigenvalue weighted by atomic mass is 9.47. The van der Waals surface area contributed by atoms with Crippen molar-refractivity contribution in [2.24, 2.45) is 28.3 Å². The van der Waals surface area contributed by atoms with Crippen molar-refractivity contribution in [1.82, 2.24) is 4.90 Å². The number of hydrogen-bond donors (Lipinski definition) is 7. The largest absolute Gasteiger partial charge is 0.509 e. The van der Waals surface area contributed by atoms with Crippen LogP contribution in [-0.4, -0.2) is 68.9 Å². The summed E-state index contributed by atoms with van der Waals surface area (Å²) in [6.45, 7) is -0.202. The summed E-state index contributed by atoms with van der Waals surface area (Å²) in [5.41, 5.74) is 15.9. The number of nitrogens with two attached hydrogens (primary N) is 4. The number of aliphatic hydroxyl groups is 2. The standard InChI is InChI=1S/C23H25FN6O6/c1-30(2)17-16(33)12(20(27)36)18(34)22(7-26)19(35)13-15(32)11-9(4-21(13,28)6-23(17,22)29)8(5-25)3-10(24)14(11)31/h3,17,31-32,34H,4-6,25,28-29H2,1-2H3,(H2,27,36)/t17-,21-,22+,23-/m1/s1. The number of aliphatic hydroxyl groups excluding tert-OH is 2. The summed E-state index contributed by atoms with van der Waals surface area (Å²) in [5.74, 6) is -7.99. The van der Waals surface area contributed by atoms with Crippen LogP contribution in [0.2, 0.25) is 0 Å². The molecule has 13 heteroatoms. The van der Waals surface area contributed by atoms with Crippen LogP contribution in [0.15, 0.2) is 23.0 Å². The van der Waals surface area contributed by atoms with Crippen LogP contribution in [0.3, 0.4) is 0 Å². The van der Waals surface area contributed by atoms with Crippen LogP contribution in [0.25, 0.3) is 5.76 Å². The quantitative estimate of drug-likeness (QED) is 0.235. The van der Waals surface area contributed by atoms with Gasteiger partial charge in [0.2, 0.25) is 0 Å². The first kappa shape index (κ1) is 25.3. The number of amides is 1. The Kier molecular flexibility index (Phi) is 5.32. The van der Waals surface area contributed by atoms with E-state index < -0.39 is 86.2 Å². The highest BCUT2D eigenvalue weighted by molar-refractivity contribution is 6.25. The molecule has 4 atom stereocenters. The molecule has 3 aliphatic rings. The van der Waals surface area contributed by atoms with Crippen molar-refractivity contribution in [1.29, 1.82) is 5.26 Å². The maximum absolute atomic E-state index is 14.4. The molecule has 0 spiro atoms. The molecule has 1 aromatic rings. The van der Waals surface area contributed by atoms with Gasteiger partial charge in [-0.15, -0.1) is 0 Å². The van der Waals surface area contributed by atoms with E-state index in [9.17, 15) is 39.4 Å². The van der Waals surface area contributed by atoms with E-state index in [4.69, 9.17) is 22.9 Å². The van der Waals surface area contributed by atoms with Gasteiger partial charge in [0.15, 0.2) is 28.5 Å². The third-order valence-electron chi connectivity index (χ3n) is 7.52. The van der Waals surface area contributed by atoms with Crippen molar-refractivity contribution < 1.29 is 34.1 Å². The highest BCUT2D eigenvalue weighted by Gasteiger charge is 2.74. The fourth-order valence-corrected chi connectivity index (χ4v) is 6.12. The summed E-state index contributed by atoms with van der Waals surface area (Å²) in [5, 5.41) is 43.0. The van der Waals surface area contributed by atoms with Gasteiger partial charge in [0.1, 0.15) is 17.1 Å². The number of carbonyl (C=O) groups excluding carboxylic acids is 3. The minimum absolute atomic E-state index is 0.155. The molecule has 0 radical (unpaired) electrons. The number of nitriles is 1. The number of halogens is 1. The average molecular weight is 500 g/mol. The number of fused-ring (bicyclic) bond motifs is 3. The number of nitrogens with zero attached hydrogens (tertiary/aromatic N) is 2. The SMILES string of the molecule is CN(C)[C@@H]1C(=O)C(C(N)=O)=C(O)[C@@]2(C#N)C(=O)C3=C(O)c4c(O)c(F)cc(CN)c4C[C@@]3(N)C[C@@]12N. The van der Waals surface area contributed by atoms with Gasteiger partial charge in [0.25, 0.3) is 5.91 Å². The minimum atomic E-state index is -2.77. The zero-order chi connectivity index (χ0) is 27.1. The monoisotopic (exact) mass is 500 g/mol. The molecule has 12 nitrogen and oxygen atoms in total. The van der Waals surface area contributed by atoms with E-state index in [1.165, 1.54) is 19.0 Å². The lowest BCUT2D eigenvalue weighted by Gasteiger charge is -2.58. The first-order valence-corrected chi connectivity index (χ1v) is 10.8. The fraction of sp³-hybridized carbons (Fsp3) is 0.391. The number of phenolic OH excluding ortho intramolecular Hbond substituents is 1. The number of ketones is 2. The molecule has 0 saturated heterocycles. The number of Topliss-reactive ketones (excluding diaryl/α,β-unsaturated/α-hetero) is 2. The normalized spacial score (nSPS) is 31.7. The highest BCUT2D eigenvalue weighted by Crippen LogP contribution is 2.58. The van der Waals surface area contributed by atoms with Gasteiger partial charge >= 0.3 is 0 Å². The van der Waals surface area contributed by atoms with Crippen molar-refractivity contribution >= 4 is 23.2 Å². The van der Waals surface area contributed by atoms with Crippen LogP contribution in [-0.2, 0) is 27.3 Å². The second-order valence-corrected chi connectivity index (χ2v) is 9.71. The maximum atomic E-state index is 14.4. The molecule has 1 aromatic carbocycles. The van der Waals surface area contributed by atoms with Crippen LogP contribution in [0, 0.1) is 22.6 Å². The lowest BCUT2D eigenvalue weighted by molar-refractivity contribution is -0.139. The van der Waals surface area contributed by atoms with Crippen molar-refractivity contribution in [2.75, 3.05) is 14.1 Å². The number of likely N-dealkylation sites (N-methyl/N-ethyl adjacent to an activating group) is 1. The van der Waals surface area contributed by atoms with Gasteiger partial charge in [-0.1, -0.05) is 0 Å². The summed E-state index contributed by atoms with van der Waals surface area (Å²) in [4.78, 5) is 40.8. The summed E-state index contributed by atoms with van der Waals surface area (Å²) < 4.78 is 14.4. The lowest BCUT2D eigenvalue weighted by Crippen LogP contribution is -2.80. The molecule has 190 valence electrons. The molecule has 1 saturated carbocycles. The number of phenols is 1. The van der Waals surface area contributed by atoms with Gasteiger partial charge in [-0.25, -0.2) is 4.39 Å². The molecule has 11 N–H and O–H groups in total. The molecular weight excluding hydrogens is 475 g/mol. The summed E-state index contributed by atoms with van der Waals surface area (Å²) >= 11 is 0. The van der Waals surface area contributed by atoms with E-state index in [0.717, 1.165) is 6.07 Å². The van der Waals surface area contributed by atoms with E-state index in [-0.39, 0.29) is 24.1 Å². The Bertz CT molecular complexity index is 1380. The van der Waals surface area contributed by atoms with Crippen molar-refractivity contribution in [3.63, 3.8) is 0 Å². The second-order valence-electron chi connectivity index (χ2n) is 9.71. The third kappa shape index (κ3) is 2.72. The number of rotatable bonds is 3. The average Bonchev–Trinajstić information content (AvgIpc) is 2.74. The summed E-state index contributed by atoms with van der Waals surface area (Å²) in [6, 6.07) is 1.12. The fourth-order valence-electron chi connectivity index (χ4n) is 6.12. The van der Waals surface area contributed by atoms with E-state index in [2.05, 4.69) is 0 Å². The van der Waals surface area contributed by atoms with Crippen LogP contribution in [0.4, 0.5) is 4.39 Å². The highest BCUT2D eigenvalue weighted by atomic mass is 19.1. The Labute approximate surface area is 204 Å². The van der Waals surface area contributed by atoms with Gasteiger partial charge in [-0.05, 0) is 44.1 Å². The molecular formula is C23H25FN6O6. The molecule has 1 amide bonds. The Morgan fingerprint density at radius 3 is 2.39 bits per heavy atom. The molecule has 1 fully saturated rings. The third-order valence-corrected chi connectivity index (χ3v) is 7.52. The van der Waals surface area contributed by atoms with Gasteiger partial charge in [-0.2, -0.15) is 5.26 Å². The Morgan fingerprint density at radius 2 is 1.89 bits per heavy atom. The Morgan fingerprint density at radius 1 is 1.28 bits per heavy atom. The first-order valence-electron chi connectivity index (χ1n) is 10.8. The number of aromatic hydroxyl groups is 1. The molecule has 0 heterocycles. The zero-order valence-corrected chi connectivity index (χ0v) is 19.4. The van der Waals surface area contributed by atoms with E-state index in [0.29, 0.717) is 0 Å². The Balaban J connectivity index is 2.16. The number of carbonyl (C=O) groups is 3. The van der Waals surface area contributed by atoms with Gasteiger partial charge in [0.05, 0.1) is 34.3 Å². The summed E-state index contributed by atoms with van der Waals surface area (Å²) in [7, 11) is 2.83. The molecule has 0 aromatic heterocycles. The van der Waals surface area contributed by atoms with Crippen LogP contribution in [0.1, 0.15) is 23.1 Å². The second kappa shape index (κ2) is 7.58. The molecule has 0 aliphatic heterocycles. The predicted octanol–water partition coefficient (Wildman–Crippen LogP) is -1.50. The Hall–Kier alpha value is -3.83. The molecule has 0 unspecified atom stereocenters. The van der Waals surface area contributed by atoms with Crippen LogP contribution in [0.5, 0.6) is 5.75 Å². The van der Waals surface area contributed by atoms with Gasteiger partial charge in [0, 0.05) is 6.54 Å². The maximum Gasteiger partial charge on any atom is 0.255 e.